The summed E-state index contributed by atoms with van der Waals surface area (Å²) in [5, 5.41) is 8.34. The Morgan fingerprint density at radius 1 is 0.926 bits per heavy atom. The lowest BCUT2D eigenvalue weighted by Gasteiger charge is -2.12. The highest BCUT2D eigenvalue weighted by Crippen LogP contribution is 2.16. The number of anilines is 2. The molecule has 0 saturated heterocycles. The van der Waals surface area contributed by atoms with Crippen LogP contribution in [0.2, 0.25) is 0 Å². The summed E-state index contributed by atoms with van der Waals surface area (Å²) >= 11 is 0. The van der Waals surface area contributed by atoms with E-state index < -0.39 is 0 Å². The van der Waals surface area contributed by atoms with Crippen LogP contribution in [-0.2, 0) is 16.0 Å². The third-order valence-corrected chi connectivity index (χ3v) is 3.76. The number of hydrogen-bond donors (Lipinski definition) is 3. The summed E-state index contributed by atoms with van der Waals surface area (Å²) in [5.41, 5.74) is 2.41. The molecule has 0 atom stereocenters. The molecule has 2 rings (SSSR count). The molecule has 142 valence electrons. The summed E-state index contributed by atoms with van der Waals surface area (Å²) in [6, 6.07) is 14.0. The molecular formula is C21H25N3O3. The molecule has 0 unspecified atom stereocenters. The van der Waals surface area contributed by atoms with Crippen molar-refractivity contribution in [3.63, 3.8) is 0 Å². The topological polar surface area (TPSA) is 87.3 Å². The van der Waals surface area contributed by atoms with Crippen LogP contribution in [0.1, 0.15) is 36.7 Å². The Bertz CT molecular complexity index is 814. The maximum absolute atomic E-state index is 12.4. The van der Waals surface area contributed by atoms with E-state index in [4.69, 9.17) is 0 Å². The maximum atomic E-state index is 12.4. The van der Waals surface area contributed by atoms with Gasteiger partial charge in [0.05, 0.1) is 17.7 Å². The van der Waals surface area contributed by atoms with Crippen molar-refractivity contribution in [2.24, 2.45) is 5.92 Å². The molecule has 0 bridgehead atoms. The third kappa shape index (κ3) is 6.58. The molecule has 3 N–H and O–H groups in total. The molecule has 0 aliphatic carbocycles. The number of carbonyl (C=O) groups is 3. The van der Waals surface area contributed by atoms with Crippen molar-refractivity contribution in [2.45, 2.75) is 27.2 Å². The van der Waals surface area contributed by atoms with E-state index in [9.17, 15) is 14.4 Å². The first kappa shape index (κ1) is 20.2. The number of nitrogens with one attached hydrogen (secondary N) is 3. The average Bonchev–Trinajstić information content (AvgIpc) is 2.61. The van der Waals surface area contributed by atoms with Crippen LogP contribution in [0.5, 0.6) is 0 Å². The predicted octanol–water partition coefficient (Wildman–Crippen LogP) is 3.21. The minimum atomic E-state index is -0.216. The molecule has 0 aliphatic heterocycles. The van der Waals surface area contributed by atoms with Gasteiger partial charge in [0, 0.05) is 19.2 Å². The fourth-order valence-corrected chi connectivity index (χ4v) is 2.47. The van der Waals surface area contributed by atoms with E-state index in [0.717, 1.165) is 5.56 Å². The van der Waals surface area contributed by atoms with Crippen molar-refractivity contribution in [2.75, 3.05) is 17.2 Å². The second kappa shape index (κ2) is 9.52. The largest absolute Gasteiger partial charge is 0.352 e. The molecule has 0 spiro atoms. The Morgan fingerprint density at radius 2 is 1.59 bits per heavy atom. The standard InChI is InChI=1S/C21H25N3O3/c1-14(2)13-22-21(27)18-6-4-5-7-19(18)24-20(26)12-16-8-10-17(11-9-16)23-15(3)25/h4-11,14H,12-13H2,1-3H3,(H,22,27)(H,23,25)(H,24,26). The average molecular weight is 367 g/mol. The summed E-state index contributed by atoms with van der Waals surface area (Å²) in [6.07, 6.45) is 0.169. The Hall–Kier alpha value is -3.15. The van der Waals surface area contributed by atoms with Gasteiger partial charge in [0.1, 0.15) is 0 Å². The Labute approximate surface area is 159 Å². The van der Waals surface area contributed by atoms with Gasteiger partial charge in [-0.25, -0.2) is 0 Å². The molecule has 0 radical (unpaired) electrons. The quantitative estimate of drug-likeness (QED) is 0.702. The van der Waals surface area contributed by atoms with Gasteiger partial charge >= 0.3 is 0 Å². The highest BCUT2D eigenvalue weighted by Gasteiger charge is 2.13. The van der Waals surface area contributed by atoms with Gasteiger partial charge in [-0.15, -0.1) is 0 Å². The van der Waals surface area contributed by atoms with Crippen molar-refractivity contribution >= 4 is 29.1 Å². The van der Waals surface area contributed by atoms with Crippen molar-refractivity contribution in [3.8, 4) is 0 Å². The number of carbonyl (C=O) groups excluding carboxylic acids is 3. The monoisotopic (exact) mass is 367 g/mol. The van der Waals surface area contributed by atoms with Crippen LogP contribution in [0.4, 0.5) is 11.4 Å². The normalized spacial score (nSPS) is 10.4. The van der Waals surface area contributed by atoms with E-state index in [1.54, 1.807) is 48.5 Å². The Morgan fingerprint density at radius 3 is 2.22 bits per heavy atom. The van der Waals surface area contributed by atoms with E-state index >= 15 is 0 Å². The van der Waals surface area contributed by atoms with Gasteiger partial charge in [-0.05, 0) is 35.7 Å². The molecule has 0 aromatic heterocycles. The van der Waals surface area contributed by atoms with Crippen LogP contribution >= 0.6 is 0 Å². The minimum Gasteiger partial charge on any atom is -0.352 e. The summed E-state index contributed by atoms with van der Waals surface area (Å²) in [7, 11) is 0. The fourth-order valence-electron chi connectivity index (χ4n) is 2.47. The van der Waals surface area contributed by atoms with Crippen LogP contribution in [0, 0.1) is 5.92 Å². The van der Waals surface area contributed by atoms with E-state index in [1.165, 1.54) is 6.92 Å². The fraction of sp³-hybridized carbons (Fsp3) is 0.286. The number of rotatable bonds is 7. The smallest absolute Gasteiger partial charge is 0.253 e. The lowest BCUT2D eigenvalue weighted by Crippen LogP contribution is -2.28. The van der Waals surface area contributed by atoms with Gasteiger partial charge in [0.15, 0.2) is 0 Å². The van der Waals surface area contributed by atoms with Gasteiger partial charge in [-0.1, -0.05) is 38.1 Å². The summed E-state index contributed by atoms with van der Waals surface area (Å²) in [4.78, 5) is 35.8. The van der Waals surface area contributed by atoms with Crippen molar-refractivity contribution in [1.29, 1.82) is 0 Å². The van der Waals surface area contributed by atoms with Gasteiger partial charge in [0.2, 0.25) is 11.8 Å². The Kier molecular flexibility index (Phi) is 7.11. The van der Waals surface area contributed by atoms with Crippen LogP contribution in [0.15, 0.2) is 48.5 Å². The minimum absolute atomic E-state index is 0.146. The van der Waals surface area contributed by atoms with E-state index in [-0.39, 0.29) is 24.1 Å². The lowest BCUT2D eigenvalue weighted by molar-refractivity contribution is -0.116. The van der Waals surface area contributed by atoms with Gasteiger partial charge in [0.25, 0.3) is 5.91 Å². The molecule has 6 heteroatoms. The molecule has 0 aliphatic rings. The molecule has 27 heavy (non-hydrogen) atoms. The first-order valence-corrected chi connectivity index (χ1v) is 8.88. The third-order valence-electron chi connectivity index (χ3n) is 3.76. The first-order chi connectivity index (χ1) is 12.8. The zero-order valence-corrected chi connectivity index (χ0v) is 15.8. The zero-order chi connectivity index (χ0) is 19.8. The maximum Gasteiger partial charge on any atom is 0.253 e. The molecule has 0 fully saturated rings. The first-order valence-electron chi connectivity index (χ1n) is 8.88. The molecular weight excluding hydrogens is 342 g/mol. The van der Waals surface area contributed by atoms with Gasteiger partial charge in [-0.2, -0.15) is 0 Å². The summed E-state index contributed by atoms with van der Waals surface area (Å²) in [5.74, 6) is -0.227. The van der Waals surface area contributed by atoms with Crippen LogP contribution in [-0.4, -0.2) is 24.3 Å². The zero-order valence-electron chi connectivity index (χ0n) is 15.8. The molecule has 2 aromatic carbocycles. The van der Waals surface area contributed by atoms with Crippen LogP contribution in [0.25, 0.3) is 0 Å². The van der Waals surface area contributed by atoms with Crippen LogP contribution in [0.3, 0.4) is 0 Å². The van der Waals surface area contributed by atoms with E-state index in [1.807, 2.05) is 13.8 Å². The van der Waals surface area contributed by atoms with Gasteiger partial charge < -0.3 is 16.0 Å². The lowest BCUT2D eigenvalue weighted by atomic mass is 10.1. The van der Waals surface area contributed by atoms with Crippen LogP contribution < -0.4 is 16.0 Å². The van der Waals surface area contributed by atoms with Crippen molar-refractivity contribution < 1.29 is 14.4 Å². The number of para-hydroxylation sites is 1. The SMILES string of the molecule is CC(=O)Nc1ccc(CC(=O)Nc2ccccc2C(=O)NCC(C)C)cc1. The molecule has 6 nitrogen and oxygen atoms in total. The van der Waals surface area contributed by atoms with Crippen molar-refractivity contribution in [3.05, 3.63) is 59.7 Å². The molecule has 2 aromatic rings. The Balaban J connectivity index is 2.01. The predicted molar refractivity (Wildman–Crippen MR) is 107 cm³/mol. The van der Waals surface area contributed by atoms with E-state index in [2.05, 4.69) is 16.0 Å². The highest BCUT2D eigenvalue weighted by atomic mass is 16.2. The summed E-state index contributed by atoms with van der Waals surface area (Å²) < 4.78 is 0. The van der Waals surface area contributed by atoms with E-state index in [0.29, 0.717) is 29.4 Å². The van der Waals surface area contributed by atoms with Gasteiger partial charge in [-0.3, -0.25) is 14.4 Å². The number of hydrogen-bond acceptors (Lipinski definition) is 3. The molecule has 3 amide bonds. The number of benzene rings is 2. The molecule has 0 heterocycles. The highest BCUT2D eigenvalue weighted by molar-refractivity contribution is 6.04. The number of amides is 3. The molecule has 0 saturated carbocycles. The second-order valence-electron chi connectivity index (χ2n) is 6.75. The van der Waals surface area contributed by atoms with Crippen molar-refractivity contribution in [1.82, 2.24) is 5.32 Å². The second-order valence-corrected chi connectivity index (χ2v) is 6.75. The summed E-state index contributed by atoms with van der Waals surface area (Å²) in [6.45, 7) is 6.05.